The van der Waals surface area contributed by atoms with Crippen molar-refractivity contribution >= 4 is 12.3 Å². The Bertz CT molecular complexity index is 819. The van der Waals surface area contributed by atoms with Crippen molar-refractivity contribution in [2.75, 3.05) is 0 Å². The van der Waals surface area contributed by atoms with E-state index >= 15 is 0 Å². The molecule has 0 unspecified atom stereocenters. The van der Waals surface area contributed by atoms with E-state index in [1.807, 2.05) is 66.7 Å². The average molecular weight is 319 g/mol. The molecule has 2 amide bonds. The summed E-state index contributed by atoms with van der Waals surface area (Å²) in [4.78, 5) is 24.5. The van der Waals surface area contributed by atoms with E-state index in [-0.39, 0.29) is 6.41 Å². The van der Waals surface area contributed by atoms with Crippen LogP contribution >= 0.6 is 0 Å². The topological polar surface area (TPSA) is 99.1 Å². The Labute approximate surface area is 140 Å². The summed E-state index contributed by atoms with van der Waals surface area (Å²) in [7, 11) is 0. The fraction of sp³-hybridized carbons (Fsp3) is 0. The van der Waals surface area contributed by atoms with Crippen molar-refractivity contribution in [3.63, 3.8) is 0 Å². The Balaban J connectivity index is 0.000000647. The van der Waals surface area contributed by atoms with E-state index in [1.54, 1.807) is 6.20 Å². The number of carbonyl (C=O) groups excluding carboxylic acids is 2. The first-order valence-corrected chi connectivity index (χ1v) is 7.24. The highest BCUT2D eigenvalue weighted by Gasteiger charge is 2.16. The van der Waals surface area contributed by atoms with Crippen LogP contribution in [0.3, 0.4) is 0 Å². The number of amides is 2. The van der Waals surface area contributed by atoms with Crippen LogP contribution in [0.5, 0.6) is 0 Å². The lowest BCUT2D eigenvalue weighted by Crippen LogP contribution is -2.15. The molecule has 0 radical (unpaired) electrons. The van der Waals surface area contributed by atoms with Gasteiger partial charge < -0.3 is 11.5 Å². The minimum Gasteiger partial charge on any atom is -0.372 e. The van der Waals surface area contributed by atoms with Crippen LogP contribution < -0.4 is 11.5 Å². The van der Waals surface area contributed by atoms with Gasteiger partial charge in [0.15, 0.2) is 0 Å². The van der Waals surface area contributed by atoms with Crippen LogP contribution in [0.25, 0.3) is 22.3 Å². The predicted molar refractivity (Wildman–Crippen MR) is 93.9 cm³/mol. The van der Waals surface area contributed by atoms with Crippen LogP contribution in [-0.4, -0.2) is 17.3 Å². The molecule has 3 aromatic rings. The largest absolute Gasteiger partial charge is 0.372 e. The van der Waals surface area contributed by atoms with Crippen LogP contribution in [0.4, 0.5) is 0 Å². The number of nitrogens with zero attached hydrogens (tertiary/aromatic N) is 1. The third-order valence-corrected chi connectivity index (χ3v) is 3.33. The Kier molecular flexibility index (Phi) is 5.80. The number of pyridine rings is 1. The molecule has 0 aliphatic carbocycles. The number of carbonyl (C=O) groups is 2. The molecule has 0 spiro atoms. The maximum atomic E-state index is 11.7. The molecule has 0 aliphatic rings. The second kappa shape index (κ2) is 8.24. The third-order valence-electron chi connectivity index (χ3n) is 3.33. The lowest BCUT2D eigenvalue weighted by Gasteiger charge is -2.13. The highest BCUT2D eigenvalue weighted by atomic mass is 16.1. The van der Waals surface area contributed by atoms with Gasteiger partial charge in [0.25, 0.3) is 5.91 Å². The van der Waals surface area contributed by atoms with E-state index in [2.05, 4.69) is 10.7 Å². The van der Waals surface area contributed by atoms with E-state index in [1.165, 1.54) is 0 Å². The van der Waals surface area contributed by atoms with Crippen molar-refractivity contribution in [1.82, 2.24) is 4.98 Å². The maximum absolute atomic E-state index is 11.7. The van der Waals surface area contributed by atoms with Gasteiger partial charge in [0.05, 0.1) is 0 Å². The fourth-order valence-electron chi connectivity index (χ4n) is 2.40. The number of hydrogen-bond acceptors (Lipinski definition) is 3. The van der Waals surface area contributed by atoms with Crippen LogP contribution in [0.1, 0.15) is 10.5 Å². The van der Waals surface area contributed by atoms with Gasteiger partial charge in [-0.15, -0.1) is 0 Å². The molecule has 120 valence electrons. The molecule has 0 aliphatic heterocycles. The SMILES string of the molecule is NC(=O)c1nccc(-c2ccccc2)c1-c1ccccc1.NC=O. The minimum absolute atomic E-state index is 0.250. The zero-order valence-corrected chi connectivity index (χ0v) is 12.9. The monoisotopic (exact) mass is 319 g/mol. The zero-order valence-electron chi connectivity index (χ0n) is 12.9. The number of benzene rings is 2. The smallest absolute Gasteiger partial charge is 0.267 e. The third kappa shape index (κ3) is 3.84. The zero-order chi connectivity index (χ0) is 17.4. The number of primary amides is 2. The van der Waals surface area contributed by atoms with Gasteiger partial charge in [0.2, 0.25) is 6.41 Å². The molecule has 5 heteroatoms. The molecule has 1 aromatic heterocycles. The van der Waals surface area contributed by atoms with Crippen LogP contribution in [0, 0.1) is 0 Å². The molecule has 5 nitrogen and oxygen atoms in total. The summed E-state index contributed by atoms with van der Waals surface area (Å²) in [5, 5.41) is 0. The second-order valence-electron chi connectivity index (χ2n) is 4.81. The minimum atomic E-state index is -0.522. The molecule has 0 saturated heterocycles. The van der Waals surface area contributed by atoms with Gasteiger partial charge in [0, 0.05) is 11.8 Å². The molecule has 0 saturated carbocycles. The van der Waals surface area contributed by atoms with Gasteiger partial charge in [-0.3, -0.25) is 14.6 Å². The molecular weight excluding hydrogens is 302 g/mol. The first kappa shape index (κ1) is 16.9. The lowest BCUT2D eigenvalue weighted by atomic mass is 9.93. The van der Waals surface area contributed by atoms with E-state index in [0.717, 1.165) is 22.3 Å². The van der Waals surface area contributed by atoms with Crippen molar-refractivity contribution in [3.05, 3.63) is 78.6 Å². The molecule has 0 fully saturated rings. The molecule has 1 heterocycles. The summed E-state index contributed by atoms with van der Waals surface area (Å²) in [5.74, 6) is -0.522. The molecule has 4 N–H and O–H groups in total. The standard InChI is InChI=1S/C18H14N2O.CH3NO/c19-18(21)17-16(14-9-5-2-6-10-14)15(11-12-20-17)13-7-3-1-4-8-13;2-1-3/h1-12H,(H2,19,21);1H,(H2,2,3). The molecular formula is C19H17N3O2. The second-order valence-corrected chi connectivity index (χ2v) is 4.81. The van der Waals surface area contributed by atoms with E-state index in [4.69, 9.17) is 10.5 Å². The van der Waals surface area contributed by atoms with Crippen LogP contribution in [0.2, 0.25) is 0 Å². The summed E-state index contributed by atoms with van der Waals surface area (Å²) in [6, 6.07) is 21.5. The van der Waals surface area contributed by atoms with Crippen LogP contribution in [-0.2, 0) is 4.79 Å². The van der Waals surface area contributed by atoms with Crippen molar-refractivity contribution < 1.29 is 9.59 Å². The van der Waals surface area contributed by atoms with Gasteiger partial charge in [-0.05, 0) is 22.8 Å². The Morgan fingerprint density at radius 1 is 0.875 bits per heavy atom. The van der Waals surface area contributed by atoms with Crippen molar-refractivity contribution in [1.29, 1.82) is 0 Å². The van der Waals surface area contributed by atoms with Crippen LogP contribution in [0.15, 0.2) is 72.9 Å². The number of nitrogens with two attached hydrogens (primary N) is 2. The van der Waals surface area contributed by atoms with Crippen molar-refractivity contribution in [3.8, 4) is 22.3 Å². The fourth-order valence-corrected chi connectivity index (χ4v) is 2.40. The van der Waals surface area contributed by atoms with Gasteiger partial charge in [0.1, 0.15) is 5.69 Å². The summed E-state index contributed by atoms with van der Waals surface area (Å²) in [6.45, 7) is 0. The normalized spacial score (nSPS) is 9.50. The van der Waals surface area contributed by atoms with Crippen molar-refractivity contribution in [2.45, 2.75) is 0 Å². The molecule has 2 aromatic carbocycles. The lowest BCUT2D eigenvalue weighted by molar-refractivity contribution is -0.106. The van der Waals surface area contributed by atoms with Gasteiger partial charge in [-0.1, -0.05) is 60.7 Å². The molecule has 24 heavy (non-hydrogen) atoms. The summed E-state index contributed by atoms with van der Waals surface area (Å²) in [5.41, 5.74) is 13.6. The number of rotatable bonds is 3. The molecule has 3 rings (SSSR count). The average Bonchev–Trinajstić information content (AvgIpc) is 2.63. The first-order valence-electron chi connectivity index (χ1n) is 7.24. The van der Waals surface area contributed by atoms with E-state index in [9.17, 15) is 4.79 Å². The predicted octanol–water partition coefficient (Wildman–Crippen LogP) is 2.62. The van der Waals surface area contributed by atoms with Gasteiger partial charge >= 0.3 is 0 Å². The van der Waals surface area contributed by atoms with E-state index < -0.39 is 5.91 Å². The maximum Gasteiger partial charge on any atom is 0.267 e. The van der Waals surface area contributed by atoms with Gasteiger partial charge in [-0.2, -0.15) is 0 Å². The highest BCUT2D eigenvalue weighted by molar-refractivity contribution is 6.02. The number of hydrogen-bond donors (Lipinski definition) is 2. The summed E-state index contributed by atoms with van der Waals surface area (Å²) in [6.07, 6.45) is 1.87. The number of aromatic nitrogens is 1. The first-order chi connectivity index (χ1) is 11.7. The highest BCUT2D eigenvalue weighted by Crippen LogP contribution is 2.33. The molecule has 0 atom stereocenters. The Morgan fingerprint density at radius 2 is 1.38 bits per heavy atom. The molecule has 0 bridgehead atoms. The Hall–Kier alpha value is -3.47. The summed E-state index contributed by atoms with van der Waals surface area (Å²) >= 11 is 0. The quantitative estimate of drug-likeness (QED) is 0.726. The van der Waals surface area contributed by atoms with Crippen molar-refractivity contribution in [2.24, 2.45) is 11.5 Å². The summed E-state index contributed by atoms with van der Waals surface area (Å²) < 4.78 is 0. The van der Waals surface area contributed by atoms with E-state index in [0.29, 0.717) is 5.69 Å². The van der Waals surface area contributed by atoms with Gasteiger partial charge in [-0.25, -0.2) is 0 Å². The Morgan fingerprint density at radius 3 is 1.88 bits per heavy atom.